The van der Waals surface area contributed by atoms with Crippen LogP contribution in [-0.4, -0.2) is 17.7 Å². The van der Waals surface area contributed by atoms with Crippen LogP contribution < -0.4 is 0 Å². The van der Waals surface area contributed by atoms with Gasteiger partial charge in [-0.2, -0.15) is 0 Å². The highest BCUT2D eigenvalue weighted by atomic mass is 35.7. The van der Waals surface area contributed by atoms with Gasteiger partial charge in [0.25, 0.3) is 6.69 Å². The molecule has 0 saturated carbocycles. The molecule has 0 nitrogen and oxygen atoms in total. The average molecular weight is 185 g/mol. The van der Waals surface area contributed by atoms with E-state index in [1.54, 1.807) is 11.4 Å². The fourth-order valence-electron chi connectivity index (χ4n) is 0.0833. The molecule has 0 N–H and O–H groups in total. The zero-order chi connectivity index (χ0) is 5.91. The predicted molar refractivity (Wildman–Crippen MR) is 49.2 cm³/mol. The molecular weight excluding hydrogens is 175 g/mol. The van der Waals surface area contributed by atoms with E-state index in [1.165, 1.54) is 0 Å². The summed E-state index contributed by atoms with van der Waals surface area (Å²) < 4.78 is 0. The van der Waals surface area contributed by atoms with Gasteiger partial charge in [-0.15, -0.1) is 35.3 Å². The Morgan fingerprint density at radius 2 is 1.38 bits per heavy atom. The van der Waals surface area contributed by atoms with Crippen LogP contribution in [0, 0.1) is 0 Å². The van der Waals surface area contributed by atoms with E-state index in [0.29, 0.717) is 0 Å². The van der Waals surface area contributed by atoms with Crippen LogP contribution >= 0.6 is 22.2 Å². The molecule has 0 aromatic carbocycles. The molecule has 0 unspecified atom stereocenters. The molecule has 0 atom stereocenters. The quantitative estimate of drug-likeness (QED) is 0.443. The highest BCUT2D eigenvalue weighted by Gasteiger charge is 2.16. The summed E-state index contributed by atoms with van der Waals surface area (Å²) in [7, 11) is 0. The smallest absolute Gasteiger partial charge is 0.135 e. The van der Waals surface area contributed by atoms with Crippen molar-refractivity contribution < 1.29 is 0 Å². The van der Waals surface area contributed by atoms with Gasteiger partial charge >= 0.3 is 0 Å². The van der Waals surface area contributed by atoms with Gasteiger partial charge in [0.1, 0.15) is 0 Å². The molecule has 0 rings (SSSR count). The molecule has 0 fully saturated rings. The van der Waals surface area contributed by atoms with Crippen LogP contribution in [-0.2, 0) is 0 Å². The molecule has 0 aliphatic carbocycles. The Morgan fingerprint density at radius 3 is 1.38 bits per heavy atom. The predicted octanol–water partition coefficient (Wildman–Crippen LogP) is 0.905. The number of hydrogen-bond donors (Lipinski definition) is 0. The third kappa shape index (κ3) is 4.65. The summed E-state index contributed by atoms with van der Waals surface area (Å²) in [6.45, 7) is 4.68. The lowest BCUT2D eigenvalue weighted by Crippen LogP contribution is -2.09. The van der Waals surface area contributed by atoms with Crippen molar-refractivity contribution in [2.45, 2.75) is 0 Å². The Bertz CT molecular complexity index is 80.0. The first-order chi connectivity index (χ1) is 3.12. The fraction of sp³-hybridized carbons (Fsp3) is 0. The van der Waals surface area contributed by atoms with Gasteiger partial charge in [-0.05, 0) is 11.0 Å². The molecule has 0 amide bonds. The number of halogens is 2. The van der Waals surface area contributed by atoms with Crippen molar-refractivity contribution in [1.29, 1.82) is 0 Å². The van der Waals surface area contributed by atoms with E-state index in [2.05, 4.69) is 13.2 Å². The van der Waals surface area contributed by atoms with Crippen molar-refractivity contribution in [2.75, 3.05) is 0 Å². The van der Waals surface area contributed by atoms with Crippen LogP contribution in [0.5, 0.6) is 0 Å². The second kappa shape index (κ2) is 4.38. The lowest BCUT2D eigenvalue weighted by atomic mass is 11.2. The average Bonchev–Trinajstić information content (AvgIpc) is 1.68. The van der Waals surface area contributed by atoms with E-state index < -0.39 is 6.69 Å². The van der Waals surface area contributed by atoms with Gasteiger partial charge in [0.2, 0.25) is 0 Å². The summed E-state index contributed by atoms with van der Waals surface area (Å²) in [6.07, 6.45) is 0. The molecule has 48 valence electrons. The lowest BCUT2D eigenvalue weighted by Gasteiger charge is -1.99. The van der Waals surface area contributed by atoms with Crippen LogP contribution in [0.1, 0.15) is 0 Å². The lowest BCUT2D eigenvalue weighted by molar-refractivity contribution is 2.37. The van der Waals surface area contributed by atoms with Crippen molar-refractivity contribution >= 4 is 39.8 Å². The van der Waals surface area contributed by atoms with Crippen LogP contribution in [0.25, 0.3) is 0 Å². The Hall–Kier alpha value is 0.494. The first-order valence-electron chi connectivity index (χ1n) is 1.77. The first kappa shape index (κ1) is 11.3. The molecule has 0 bridgehead atoms. The molecule has 8 heavy (non-hydrogen) atoms. The first-order valence-corrected chi connectivity index (χ1v) is 5.95. The van der Waals surface area contributed by atoms with E-state index in [4.69, 9.17) is 22.2 Å². The summed E-state index contributed by atoms with van der Waals surface area (Å²) in [4.78, 5) is 0. The van der Waals surface area contributed by atoms with Crippen LogP contribution in [0.2, 0.25) is 0 Å². The van der Waals surface area contributed by atoms with Crippen molar-refractivity contribution in [3.63, 3.8) is 0 Å². The normalized spacial score (nSPS) is 9.25. The zero-order valence-electron chi connectivity index (χ0n) is 3.82. The van der Waals surface area contributed by atoms with E-state index >= 15 is 0 Å². The molecule has 0 heterocycles. The molecular formula is C4H10Cl2Si2. The van der Waals surface area contributed by atoms with Gasteiger partial charge < -0.3 is 0 Å². The Labute approximate surface area is 64.6 Å². The highest BCUT2D eigenvalue weighted by Crippen LogP contribution is 2.15. The maximum Gasteiger partial charge on any atom is 0.295 e. The van der Waals surface area contributed by atoms with Gasteiger partial charge in [-0.1, -0.05) is 11.4 Å². The molecule has 0 spiro atoms. The Balaban J connectivity index is 0. The van der Waals surface area contributed by atoms with Crippen LogP contribution in [0.4, 0.5) is 0 Å². The van der Waals surface area contributed by atoms with Crippen molar-refractivity contribution in [1.82, 2.24) is 0 Å². The van der Waals surface area contributed by atoms with Crippen LogP contribution in [0.3, 0.4) is 0 Å². The number of rotatable bonds is 2. The summed E-state index contributed by atoms with van der Waals surface area (Å²) in [5, 5.41) is 0. The second-order valence-electron chi connectivity index (χ2n) is 1.08. The van der Waals surface area contributed by atoms with Gasteiger partial charge in [0.15, 0.2) is 0 Å². The van der Waals surface area contributed by atoms with Gasteiger partial charge in [0.05, 0.1) is 0 Å². The Morgan fingerprint density at radius 1 is 1.12 bits per heavy atom. The van der Waals surface area contributed by atoms with Gasteiger partial charge in [-0.25, -0.2) is 0 Å². The van der Waals surface area contributed by atoms with Gasteiger partial charge in [-0.3, -0.25) is 0 Å². The SMILES string of the molecule is C=C[Si](Cl)(Cl)C=C.[SiH4]. The molecule has 0 aromatic rings. The fourth-order valence-corrected chi connectivity index (χ4v) is 0.250. The molecule has 0 saturated heterocycles. The third-order valence-corrected chi connectivity index (χ3v) is 3.48. The van der Waals surface area contributed by atoms with Crippen molar-refractivity contribution in [3.05, 3.63) is 24.6 Å². The topological polar surface area (TPSA) is 0 Å². The second-order valence-corrected chi connectivity index (χ2v) is 7.58. The summed E-state index contributed by atoms with van der Waals surface area (Å²) >= 11 is 11.1. The maximum absolute atomic E-state index is 5.57. The Kier molecular flexibility index (Phi) is 6.19. The minimum atomic E-state index is -2.18. The molecule has 0 aliphatic heterocycles. The molecule has 0 radical (unpaired) electrons. The zero-order valence-corrected chi connectivity index (χ0v) is 6.34. The van der Waals surface area contributed by atoms with E-state index in [1.807, 2.05) is 0 Å². The maximum atomic E-state index is 5.57. The number of hydrogen-bond acceptors (Lipinski definition) is 0. The minimum Gasteiger partial charge on any atom is -0.135 e. The van der Waals surface area contributed by atoms with E-state index in [9.17, 15) is 0 Å². The van der Waals surface area contributed by atoms with Crippen molar-refractivity contribution in [2.24, 2.45) is 0 Å². The summed E-state index contributed by atoms with van der Waals surface area (Å²) in [5.41, 5.74) is 3.09. The largest absolute Gasteiger partial charge is 0.295 e. The summed E-state index contributed by atoms with van der Waals surface area (Å²) in [5.74, 6) is 0. The minimum absolute atomic E-state index is 0. The molecule has 0 aliphatic rings. The summed E-state index contributed by atoms with van der Waals surface area (Å²) in [6, 6.07) is 0. The van der Waals surface area contributed by atoms with Crippen molar-refractivity contribution in [3.8, 4) is 0 Å². The standard InChI is InChI=1S/C4H6Cl2Si.H4Si/c1-3-7(5,6)4-2;/h3-4H,1-2H2;1H4. The van der Waals surface area contributed by atoms with Gasteiger partial charge in [0, 0.05) is 0 Å². The van der Waals surface area contributed by atoms with E-state index in [-0.39, 0.29) is 11.0 Å². The molecule has 4 heteroatoms. The van der Waals surface area contributed by atoms with E-state index in [0.717, 1.165) is 0 Å². The highest BCUT2D eigenvalue weighted by molar-refractivity contribution is 7.49. The third-order valence-electron chi connectivity index (χ3n) is 0.544. The van der Waals surface area contributed by atoms with Crippen LogP contribution in [0.15, 0.2) is 24.6 Å². The monoisotopic (exact) mass is 184 g/mol. The molecule has 0 aromatic heterocycles.